The van der Waals surface area contributed by atoms with Gasteiger partial charge in [-0.2, -0.15) is 0 Å². The van der Waals surface area contributed by atoms with Crippen LogP contribution in [0.5, 0.6) is 0 Å². The summed E-state index contributed by atoms with van der Waals surface area (Å²) >= 11 is 0. The fraction of sp³-hybridized carbons (Fsp3) is 0. The Labute approximate surface area is 127 Å². The molecule has 0 saturated heterocycles. The first-order valence-electron chi connectivity index (χ1n) is 5.80. The van der Waals surface area contributed by atoms with Crippen LogP contribution in [-0.2, 0) is 10.0 Å². The highest BCUT2D eigenvalue weighted by Gasteiger charge is 2.34. The Balaban J connectivity index is 2.49. The molecule has 5 nitrogen and oxygen atoms in total. The standard InChI is InChI=1S/C12H8F5N3O2S/c13-7-8(14)10(16)12(11(17)9(7)15)23(21,22)19-20(18)6-4-2-1-3-5-6/h1-5,19H,18H2. The van der Waals surface area contributed by atoms with Crippen LogP contribution in [-0.4, -0.2) is 8.42 Å². The van der Waals surface area contributed by atoms with Gasteiger partial charge in [0.05, 0.1) is 5.69 Å². The zero-order valence-corrected chi connectivity index (χ0v) is 11.8. The number of hydrogen-bond donors (Lipinski definition) is 2. The molecule has 0 heterocycles. The summed E-state index contributed by atoms with van der Waals surface area (Å²) in [7, 11) is -5.18. The highest BCUT2D eigenvalue weighted by atomic mass is 32.2. The fourth-order valence-corrected chi connectivity index (χ4v) is 2.74. The summed E-state index contributed by atoms with van der Waals surface area (Å²) in [6, 6.07) is 7.20. The number of benzene rings is 2. The van der Waals surface area contributed by atoms with Crippen LogP contribution in [0.15, 0.2) is 35.2 Å². The molecule has 11 heteroatoms. The second kappa shape index (κ2) is 6.10. The molecule has 2 rings (SSSR count). The van der Waals surface area contributed by atoms with Gasteiger partial charge in [-0.1, -0.05) is 18.2 Å². The molecule has 2 aromatic carbocycles. The van der Waals surface area contributed by atoms with Gasteiger partial charge in [0.25, 0.3) is 10.0 Å². The van der Waals surface area contributed by atoms with Crippen LogP contribution in [0.25, 0.3) is 0 Å². The molecular formula is C12H8F5N3O2S. The highest BCUT2D eigenvalue weighted by molar-refractivity contribution is 7.89. The third-order valence-electron chi connectivity index (χ3n) is 2.69. The quantitative estimate of drug-likeness (QED) is 0.290. The molecular weight excluding hydrogens is 345 g/mol. The summed E-state index contributed by atoms with van der Waals surface area (Å²) in [5.41, 5.74) is 0.0555. The van der Waals surface area contributed by atoms with Gasteiger partial charge < -0.3 is 0 Å². The maximum absolute atomic E-state index is 13.6. The van der Waals surface area contributed by atoms with E-state index in [1.807, 2.05) is 0 Å². The number of rotatable bonds is 4. The topological polar surface area (TPSA) is 75.4 Å². The lowest BCUT2D eigenvalue weighted by atomic mass is 10.3. The predicted molar refractivity (Wildman–Crippen MR) is 69.7 cm³/mol. The average molecular weight is 353 g/mol. The number of sulfonamides is 1. The minimum atomic E-state index is -5.18. The molecule has 0 bridgehead atoms. The van der Waals surface area contributed by atoms with Gasteiger partial charge in [0.15, 0.2) is 28.2 Å². The lowest BCUT2D eigenvalue weighted by molar-refractivity contribution is 0.357. The molecule has 0 saturated carbocycles. The monoisotopic (exact) mass is 353 g/mol. The Bertz CT molecular complexity index is 817. The normalized spacial score (nSPS) is 11.6. The Morgan fingerprint density at radius 1 is 0.826 bits per heavy atom. The lowest BCUT2D eigenvalue weighted by Crippen LogP contribution is -2.47. The molecule has 0 amide bonds. The minimum Gasteiger partial charge on any atom is -0.232 e. The molecule has 3 N–H and O–H groups in total. The van der Waals surface area contributed by atoms with E-state index in [9.17, 15) is 30.4 Å². The highest BCUT2D eigenvalue weighted by Crippen LogP contribution is 2.26. The summed E-state index contributed by atoms with van der Waals surface area (Å²) < 4.78 is 90.0. The first kappa shape index (κ1) is 17.1. The number of hydrogen-bond acceptors (Lipinski definition) is 4. The van der Waals surface area contributed by atoms with Crippen LogP contribution in [0, 0.1) is 29.1 Å². The van der Waals surface area contributed by atoms with Gasteiger partial charge in [-0.15, -0.1) is 4.83 Å². The Kier molecular flexibility index (Phi) is 4.54. The first-order chi connectivity index (χ1) is 10.7. The predicted octanol–water partition coefficient (Wildman–Crippen LogP) is 1.96. The van der Waals surface area contributed by atoms with E-state index in [0.717, 1.165) is 0 Å². The molecule has 0 aliphatic heterocycles. The van der Waals surface area contributed by atoms with Crippen LogP contribution in [0.1, 0.15) is 0 Å². The van der Waals surface area contributed by atoms with Gasteiger partial charge in [-0.3, -0.25) is 0 Å². The van der Waals surface area contributed by atoms with Gasteiger partial charge in [-0.25, -0.2) is 41.3 Å². The van der Waals surface area contributed by atoms with Crippen molar-refractivity contribution in [2.45, 2.75) is 4.90 Å². The van der Waals surface area contributed by atoms with E-state index in [0.29, 0.717) is 5.12 Å². The zero-order valence-electron chi connectivity index (χ0n) is 11.0. The van der Waals surface area contributed by atoms with E-state index in [1.54, 1.807) is 6.07 Å². The average Bonchev–Trinajstić information content (AvgIpc) is 2.51. The molecule has 124 valence electrons. The Hall–Kier alpha value is -2.24. The number of hydrazine groups is 2. The third-order valence-corrected chi connectivity index (χ3v) is 4.02. The lowest BCUT2D eigenvalue weighted by Gasteiger charge is -2.20. The Morgan fingerprint density at radius 3 is 1.74 bits per heavy atom. The number of nitrogens with one attached hydrogen (secondary N) is 1. The molecule has 0 aliphatic rings. The van der Waals surface area contributed by atoms with E-state index >= 15 is 0 Å². The smallest absolute Gasteiger partial charge is 0.232 e. The molecule has 0 aromatic heterocycles. The van der Waals surface area contributed by atoms with Crippen molar-refractivity contribution in [1.29, 1.82) is 0 Å². The summed E-state index contributed by atoms with van der Waals surface area (Å²) in [5, 5.41) is 0.355. The maximum atomic E-state index is 13.6. The zero-order chi connectivity index (χ0) is 17.4. The molecule has 0 spiro atoms. The molecule has 0 fully saturated rings. The van der Waals surface area contributed by atoms with Crippen molar-refractivity contribution in [1.82, 2.24) is 4.83 Å². The number of anilines is 1. The van der Waals surface area contributed by atoms with Crippen molar-refractivity contribution in [3.63, 3.8) is 0 Å². The molecule has 0 aliphatic carbocycles. The van der Waals surface area contributed by atoms with Crippen molar-refractivity contribution in [2.24, 2.45) is 5.84 Å². The van der Waals surface area contributed by atoms with Gasteiger partial charge in [0, 0.05) is 0 Å². The van der Waals surface area contributed by atoms with Gasteiger partial charge in [0.2, 0.25) is 5.82 Å². The van der Waals surface area contributed by atoms with Crippen LogP contribution in [0.3, 0.4) is 0 Å². The molecule has 0 radical (unpaired) electrons. The van der Waals surface area contributed by atoms with Gasteiger partial charge >= 0.3 is 0 Å². The summed E-state index contributed by atoms with van der Waals surface area (Å²) in [5.74, 6) is -6.85. The molecule has 23 heavy (non-hydrogen) atoms. The summed E-state index contributed by atoms with van der Waals surface area (Å²) in [6.45, 7) is 0. The van der Waals surface area contributed by atoms with Crippen molar-refractivity contribution in [3.05, 3.63) is 59.4 Å². The van der Waals surface area contributed by atoms with Crippen molar-refractivity contribution < 1.29 is 30.4 Å². The number of nitrogens with zero attached hydrogens (tertiary/aromatic N) is 1. The SMILES string of the molecule is NN(NS(=O)(=O)c1c(F)c(F)c(F)c(F)c1F)c1ccccc1. The second-order valence-corrected chi connectivity index (χ2v) is 5.80. The van der Waals surface area contributed by atoms with E-state index in [-0.39, 0.29) is 5.69 Å². The van der Waals surface area contributed by atoms with Crippen LogP contribution in [0.2, 0.25) is 0 Å². The first-order valence-corrected chi connectivity index (χ1v) is 7.29. The van der Waals surface area contributed by atoms with E-state index in [1.165, 1.54) is 29.1 Å². The second-order valence-electron chi connectivity index (χ2n) is 4.20. The van der Waals surface area contributed by atoms with Crippen LogP contribution < -0.4 is 15.8 Å². The van der Waals surface area contributed by atoms with Crippen LogP contribution in [0.4, 0.5) is 27.6 Å². The van der Waals surface area contributed by atoms with Gasteiger partial charge in [0.1, 0.15) is 0 Å². The molecule has 0 atom stereocenters. The summed E-state index contributed by atoms with van der Waals surface area (Å²) in [4.78, 5) is -0.536. The van der Waals surface area contributed by atoms with Crippen molar-refractivity contribution >= 4 is 15.7 Å². The van der Waals surface area contributed by atoms with Crippen LogP contribution >= 0.6 is 0 Å². The number of nitrogens with two attached hydrogens (primary N) is 1. The van der Waals surface area contributed by atoms with E-state index in [2.05, 4.69) is 0 Å². The molecule has 0 unspecified atom stereocenters. The number of para-hydroxylation sites is 1. The van der Waals surface area contributed by atoms with E-state index in [4.69, 9.17) is 5.84 Å². The van der Waals surface area contributed by atoms with Crippen molar-refractivity contribution in [3.8, 4) is 0 Å². The summed E-state index contributed by atoms with van der Waals surface area (Å²) in [6.07, 6.45) is 0. The Morgan fingerprint density at radius 2 is 1.26 bits per heavy atom. The maximum Gasteiger partial charge on any atom is 0.264 e. The largest absolute Gasteiger partial charge is 0.264 e. The fourth-order valence-electron chi connectivity index (χ4n) is 1.64. The number of halogens is 5. The minimum absolute atomic E-state index is 0.0555. The van der Waals surface area contributed by atoms with Crippen molar-refractivity contribution in [2.75, 3.05) is 5.12 Å². The van der Waals surface area contributed by atoms with Gasteiger partial charge in [-0.05, 0) is 12.1 Å². The molecule has 2 aromatic rings. The third kappa shape index (κ3) is 3.11. The van der Waals surface area contributed by atoms with E-state index < -0.39 is 44.0 Å².